The Balaban J connectivity index is 1.65. The maximum absolute atomic E-state index is 12.5. The first-order valence-electron chi connectivity index (χ1n) is 7.83. The largest absolute Gasteiger partial charge is 0.341 e. The molecule has 2 aliphatic heterocycles. The lowest BCUT2D eigenvalue weighted by Gasteiger charge is -2.29. The molecular formula is C14H22N6O2. The first-order chi connectivity index (χ1) is 10.6. The second-order valence-corrected chi connectivity index (χ2v) is 6.23. The molecule has 0 radical (unpaired) electrons. The van der Waals surface area contributed by atoms with Gasteiger partial charge in [-0.25, -0.2) is 4.68 Å². The minimum Gasteiger partial charge on any atom is -0.341 e. The number of carbonyl (C=O) groups excluding carboxylic acids is 2. The Morgan fingerprint density at radius 1 is 1.32 bits per heavy atom. The fourth-order valence-electron chi connectivity index (χ4n) is 3.38. The third-order valence-electron chi connectivity index (χ3n) is 4.81. The molecule has 3 rings (SSSR count). The van der Waals surface area contributed by atoms with E-state index in [0.29, 0.717) is 31.9 Å². The molecule has 2 bridgehead atoms. The van der Waals surface area contributed by atoms with E-state index in [1.807, 2.05) is 23.8 Å². The van der Waals surface area contributed by atoms with E-state index in [4.69, 9.17) is 0 Å². The molecule has 0 spiro atoms. The van der Waals surface area contributed by atoms with Crippen molar-refractivity contribution < 1.29 is 9.59 Å². The van der Waals surface area contributed by atoms with Crippen LogP contribution in [0.1, 0.15) is 31.5 Å². The van der Waals surface area contributed by atoms with Gasteiger partial charge < -0.3 is 9.80 Å². The molecule has 1 aromatic heterocycles. The molecule has 2 fully saturated rings. The van der Waals surface area contributed by atoms with Crippen molar-refractivity contribution in [3.05, 3.63) is 5.82 Å². The molecule has 0 N–H and O–H groups in total. The zero-order valence-corrected chi connectivity index (χ0v) is 13.1. The van der Waals surface area contributed by atoms with Crippen molar-refractivity contribution >= 4 is 11.8 Å². The Kier molecular flexibility index (Phi) is 4.08. The van der Waals surface area contributed by atoms with Gasteiger partial charge in [0.1, 0.15) is 5.82 Å². The van der Waals surface area contributed by atoms with Gasteiger partial charge in [-0.15, -0.1) is 5.10 Å². The van der Waals surface area contributed by atoms with E-state index in [-0.39, 0.29) is 23.8 Å². The maximum Gasteiger partial charge on any atom is 0.227 e. The summed E-state index contributed by atoms with van der Waals surface area (Å²) in [7, 11) is 1.86. The Morgan fingerprint density at radius 2 is 2.14 bits per heavy atom. The Morgan fingerprint density at radius 3 is 2.86 bits per heavy atom. The van der Waals surface area contributed by atoms with Crippen LogP contribution < -0.4 is 0 Å². The number of likely N-dealkylation sites (tertiary alicyclic amines) is 1. The van der Waals surface area contributed by atoms with Crippen molar-refractivity contribution in [3.8, 4) is 0 Å². The van der Waals surface area contributed by atoms with Crippen molar-refractivity contribution in [2.45, 2.75) is 45.2 Å². The Hall–Kier alpha value is -1.99. The highest BCUT2D eigenvalue weighted by Gasteiger charge is 2.37. The van der Waals surface area contributed by atoms with Gasteiger partial charge in [0.05, 0.1) is 12.5 Å². The zero-order chi connectivity index (χ0) is 15.7. The number of nitrogens with zero attached hydrogens (tertiary/aromatic N) is 6. The summed E-state index contributed by atoms with van der Waals surface area (Å²) in [5.41, 5.74) is 0. The SMILES string of the molecule is Cc1nnnn1CCC(=O)N1C[C@H]2CCC[C@@H](C1)N(C)C2=O. The van der Waals surface area contributed by atoms with Crippen LogP contribution in [0.15, 0.2) is 0 Å². The van der Waals surface area contributed by atoms with E-state index in [9.17, 15) is 9.59 Å². The molecule has 2 aliphatic rings. The summed E-state index contributed by atoms with van der Waals surface area (Å²) in [5, 5.41) is 11.2. The summed E-state index contributed by atoms with van der Waals surface area (Å²) in [4.78, 5) is 28.6. The van der Waals surface area contributed by atoms with Crippen molar-refractivity contribution in [2.75, 3.05) is 20.1 Å². The predicted molar refractivity (Wildman–Crippen MR) is 77.7 cm³/mol. The Labute approximate surface area is 129 Å². The van der Waals surface area contributed by atoms with Crippen molar-refractivity contribution in [1.82, 2.24) is 30.0 Å². The lowest BCUT2D eigenvalue weighted by molar-refractivity contribution is -0.134. The van der Waals surface area contributed by atoms with E-state index in [2.05, 4.69) is 15.5 Å². The second kappa shape index (κ2) is 6.02. The van der Waals surface area contributed by atoms with Crippen molar-refractivity contribution in [2.24, 2.45) is 5.92 Å². The Bertz CT molecular complexity index is 571. The van der Waals surface area contributed by atoms with E-state index in [1.165, 1.54) is 0 Å². The van der Waals surface area contributed by atoms with Crippen LogP contribution in [0.3, 0.4) is 0 Å². The third kappa shape index (κ3) is 2.82. The van der Waals surface area contributed by atoms with Gasteiger partial charge in [-0.05, 0) is 30.2 Å². The van der Waals surface area contributed by atoms with E-state index in [0.717, 1.165) is 19.3 Å². The van der Waals surface area contributed by atoms with Gasteiger partial charge in [-0.1, -0.05) is 6.42 Å². The highest BCUT2D eigenvalue weighted by Crippen LogP contribution is 2.27. The standard InChI is InChI=1S/C14H22N6O2/c1-10-15-16-17-20(10)7-6-13(21)19-8-11-4-3-5-12(9-19)18(2)14(11)22/h11-12H,3-9H2,1-2H3/t11-,12+/m1/s1. The predicted octanol–water partition coefficient (Wildman–Crippen LogP) is -0.159. The number of rotatable bonds is 3. The molecule has 0 saturated carbocycles. The van der Waals surface area contributed by atoms with Crippen molar-refractivity contribution in [1.29, 1.82) is 0 Å². The molecule has 8 nitrogen and oxygen atoms in total. The summed E-state index contributed by atoms with van der Waals surface area (Å²) in [6.07, 6.45) is 3.30. The molecule has 1 aromatic rings. The van der Waals surface area contributed by atoms with Crippen LogP contribution in [0.2, 0.25) is 0 Å². The van der Waals surface area contributed by atoms with Crippen molar-refractivity contribution in [3.63, 3.8) is 0 Å². The van der Waals surface area contributed by atoms with Gasteiger partial charge in [-0.3, -0.25) is 9.59 Å². The quantitative estimate of drug-likeness (QED) is 0.775. The molecule has 120 valence electrons. The lowest BCUT2D eigenvalue weighted by Crippen LogP contribution is -2.42. The number of aryl methyl sites for hydroxylation is 2. The number of aromatic nitrogens is 4. The highest BCUT2D eigenvalue weighted by molar-refractivity contribution is 5.82. The number of carbonyl (C=O) groups is 2. The normalized spacial score (nSPS) is 25.3. The van der Waals surface area contributed by atoms with E-state index >= 15 is 0 Å². The van der Waals surface area contributed by atoms with Gasteiger partial charge in [-0.2, -0.15) is 0 Å². The molecule has 0 aromatic carbocycles. The minimum atomic E-state index is -0.0452. The summed E-state index contributed by atoms with van der Waals surface area (Å²) in [5.74, 6) is 0.927. The summed E-state index contributed by atoms with van der Waals surface area (Å²) >= 11 is 0. The number of hydrogen-bond acceptors (Lipinski definition) is 5. The van der Waals surface area contributed by atoms with E-state index in [1.54, 1.807) is 4.68 Å². The molecule has 0 aliphatic carbocycles. The molecule has 3 heterocycles. The topological polar surface area (TPSA) is 84.2 Å². The molecule has 2 atom stereocenters. The molecule has 22 heavy (non-hydrogen) atoms. The number of likely N-dealkylation sites (N-methyl/N-ethyl adjacent to an activating group) is 1. The zero-order valence-electron chi connectivity index (χ0n) is 13.1. The van der Waals surface area contributed by atoms with Crippen LogP contribution in [-0.2, 0) is 16.1 Å². The smallest absolute Gasteiger partial charge is 0.227 e. The fraction of sp³-hybridized carbons (Fsp3) is 0.786. The first kappa shape index (κ1) is 14.9. The molecule has 0 unspecified atom stereocenters. The van der Waals surface area contributed by atoms with Gasteiger partial charge in [0.15, 0.2) is 0 Å². The van der Waals surface area contributed by atoms with Crippen LogP contribution in [0.25, 0.3) is 0 Å². The second-order valence-electron chi connectivity index (χ2n) is 6.23. The average Bonchev–Trinajstić information content (AvgIpc) is 2.78. The average molecular weight is 306 g/mol. The number of amides is 2. The highest BCUT2D eigenvalue weighted by atomic mass is 16.2. The van der Waals surface area contributed by atoms with Crippen LogP contribution in [0.4, 0.5) is 0 Å². The van der Waals surface area contributed by atoms with Gasteiger partial charge >= 0.3 is 0 Å². The molecular weight excluding hydrogens is 284 g/mol. The summed E-state index contributed by atoms with van der Waals surface area (Å²) < 4.78 is 1.63. The van der Waals surface area contributed by atoms with Crippen LogP contribution in [0, 0.1) is 12.8 Å². The molecule has 2 saturated heterocycles. The first-order valence-corrected chi connectivity index (χ1v) is 7.83. The summed E-state index contributed by atoms with van der Waals surface area (Å²) in [6, 6.07) is 0.152. The van der Waals surface area contributed by atoms with Crippen LogP contribution in [-0.4, -0.2) is 68.0 Å². The number of hydrogen-bond donors (Lipinski definition) is 0. The van der Waals surface area contributed by atoms with Gasteiger partial charge in [0.25, 0.3) is 0 Å². The maximum atomic E-state index is 12.5. The molecule has 8 heteroatoms. The van der Waals surface area contributed by atoms with E-state index < -0.39 is 0 Å². The van der Waals surface area contributed by atoms with Gasteiger partial charge in [0.2, 0.25) is 11.8 Å². The monoisotopic (exact) mass is 306 g/mol. The fourth-order valence-corrected chi connectivity index (χ4v) is 3.38. The third-order valence-corrected chi connectivity index (χ3v) is 4.81. The number of tetrazole rings is 1. The van der Waals surface area contributed by atoms with Gasteiger partial charge in [0, 0.05) is 32.6 Å². The minimum absolute atomic E-state index is 0.0452. The molecule has 2 amide bonds. The van der Waals surface area contributed by atoms with Crippen LogP contribution >= 0.6 is 0 Å². The van der Waals surface area contributed by atoms with Crippen LogP contribution in [0.5, 0.6) is 0 Å². The summed E-state index contributed by atoms with van der Waals surface area (Å²) in [6.45, 7) is 3.49. The number of fused-ring (bicyclic) bond motifs is 3. The lowest BCUT2D eigenvalue weighted by atomic mass is 9.99.